The first-order valence-electron chi connectivity index (χ1n) is 5.55. The van der Waals surface area contributed by atoms with Crippen LogP contribution in [0.5, 0.6) is 5.75 Å². The molecular weight excluding hydrogens is 248 g/mol. The van der Waals surface area contributed by atoms with Crippen LogP contribution in [0.25, 0.3) is 16.9 Å². The molecule has 0 N–H and O–H groups in total. The van der Waals surface area contributed by atoms with Crippen molar-refractivity contribution in [2.75, 3.05) is 7.11 Å². The monoisotopic (exact) mass is 258 g/mol. The highest BCUT2D eigenvalue weighted by Crippen LogP contribution is 2.23. The molecule has 3 aromatic rings. The van der Waals surface area contributed by atoms with Gasteiger partial charge in [0.25, 0.3) is 0 Å². The molecule has 0 fully saturated rings. The summed E-state index contributed by atoms with van der Waals surface area (Å²) in [7, 11) is 1.65. The van der Waals surface area contributed by atoms with E-state index in [4.69, 9.17) is 16.3 Å². The summed E-state index contributed by atoms with van der Waals surface area (Å²) in [6.45, 7) is 0. The van der Waals surface area contributed by atoms with Crippen LogP contribution in [0, 0.1) is 0 Å². The SMILES string of the molecule is COc1ccc(-c2ncc3cc(Cl)ccn23)cc1. The quantitative estimate of drug-likeness (QED) is 0.701. The maximum atomic E-state index is 5.96. The Morgan fingerprint density at radius 3 is 2.67 bits per heavy atom. The largest absolute Gasteiger partial charge is 0.497 e. The smallest absolute Gasteiger partial charge is 0.144 e. The number of methoxy groups -OCH3 is 1. The van der Waals surface area contributed by atoms with Crippen LogP contribution < -0.4 is 4.74 Å². The van der Waals surface area contributed by atoms with Crippen molar-refractivity contribution < 1.29 is 4.74 Å². The Morgan fingerprint density at radius 2 is 1.94 bits per heavy atom. The second-order valence-corrected chi connectivity index (χ2v) is 4.39. The molecule has 18 heavy (non-hydrogen) atoms. The molecule has 3 nitrogen and oxygen atoms in total. The molecule has 0 unspecified atom stereocenters. The fraction of sp³-hybridized carbons (Fsp3) is 0.0714. The van der Waals surface area contributed by atoms with Crippen LogP contribution in [-0.4, -0.2) is 16.5 Å². The van der Waals surface area contributed by atoms with Gasteiger partial charge in [-0.15, -0.1) is 0 Å². The molecule has 0 amide bonds. The zero-order chi connectivity index (χ0) is 12.5. The van der Waals surface area contributed by atoms with Crippen LogP contribution in [0.4, 0.5) is 0 Å². The van der Waals surface area contributed by atoms with Crippen LogP contribution in [0.3, 0.4) is 0 Å². The Kier molecular flexibility index (Phi) is 2.68. The minimum Gasteiger partial charge on any atom is -0.497 e. The Hall–Kier alpha value is -2.00. The lowest BCUT2D eigenvalue weighted by Crippen LogP contribution is -1.89. The predicted octanol–water partition coefficient (Wildman–Crippen LogP) is 3.66. The zero-order valence-corrected chi connectivity index (χ0v) is 10.6. The van der Waals surface area contributed by atoms with Crippen molar-refractivity contribution in [3.8, 4) is 17.1 Å². The van der Waals surface area contributed by atoms with Gasteiger partial charge in [-0.25, -0.2) is 4.98 Å². The van der Waals surface area contributed by atoms with E-state index in [-0.39, 0.29) is 0 Å². The summed E-state index contributed by atoms with van der Waals surface area (Å²) in [5.74, 6) is 1.73. The highest BCUT2D eigenvalue weighted by atomic mass is 35.5. The summed E-state index contributed by atoms with van der Waals surface area (Å²) >= 11 is 5.96. The second kappa shape index (κ2) is 4.35. The number of nitrogens with zero attached hydrogens (tertiary/aromatic N) is 2. The van der Waals surface area contributed by atoms with E-state index in [1.165, 1.54) is 0 Å². The van der Waals surface area contributed by atoms with E-state index in [9.17, 15) is 0 Å². The molecule has 1 aromatic carbocycles. The topological polar surface area (TPSA) is 26.5 Å². The Morgan fingerprint density at radius 1 is 1.17 bits per heavy atom. The van der Waals surface area contributed by atoms with E-state index in [1.54, 1.807) is 7.11 Å². The molecule has 0 saturated heterocycles. The normalized spacial score (nSPS) is 10.8. The maximum Gasteiger partial charge on any atom is 0.144 e. The number of pyridine rings is 1. The Balaban J connectivity index is 2.13. The fourth-order valence-corrected chi connectivity index (χ4v) is 2.09. The molecule has 4 heteroatoms. The average Bonchev–Trinajstić information content (AvgIpc) is 2.81. The lowest BCUT2D eigenvalue weighted by molar-refractivity contribution is 0.415. The van der Waals surface area contributed by atoms with Gasteiger partial charge in [0, 0.05) is 16.8 Å². The lowest BCUT2D eigenvalue weighted by Gasteiger charge is -2.03. The first-order chi connectivity index (χ1) is 8.78. The summed E-state index contributed by atoms with van der Waals surface area (Å²) in [5, 5.41) is 0.712. The van der Waals surface area contributed by atoms with Gasteiger partial charge >= 0.3 is 0 Å². The average molecular weight is 259 g/mol. The van der Waals surface area contributed by atoms with Crippen molar-refractivity contribution in [2.24, 2.45) is 0 Å². The molecule has 90 valence electrons. The fourth-order valence-electron chi connectivity index (χ4n) is 1.93. The van der Waals surface area contributed by atoms with Crippen molar-refractivity contribution in [1.82, 2.24) is 9.38 Å². The molecule has 0 aliphatic heterocycles. The molecule has 0 aliphatic rings. The predicted molar refractivity (Wildman–Crippen MR) is 72.2 cm³/mol. The van der Waals surface area contributed by atoms with Crippen LogP contribution in [0.15, 0.2) is 48.8 Å². The third kappa shape index (κ3) is 1.83. The van der Waals surface area contributed by atoms with Gasteiger partial charge in [-0.05, 0) is 36.4 Å². The van der Waals surface area contributed by atoms with E-state index in [1.807, 2.05) is 53.2 Å². The van der Waals surface area contributed by atoms with Gasteiger partial charge in [-0.2, -0.15) is 0 Å². The van der Waals surface area contributed by atoms with E-state index in [2.05, 4.69) is 4.98 Å². The number of benzene rings is 1. The standard InChI is InChI=1S/C14H11ClN2O/c1-18-13-4-2-10(3-5-13)14-16-9-12-8-11(15)6-7-17(12)14/h2-9H,1H3. The Labute approximate surface area is 110 Å². The highest BCUT2D eigenvalue weighted by Gasteiger charge is 2.06. The van der Waals surface area contributed by atoms with E-state index >= 15 is 0 Å². The molecular formula is C14H11ClN2O. The molecule has 2 aromatic heterocycles. The summed E-state index contributed by atoms with van der Waals surface area (Å²) in [6.07, 6.45) is 3.73. The van der Waals surface area contributed by atoms with Gasteiger partial charge in [0.1, 0.15) is 11.6 Å². The number of hydrogen-bond acceptors (Lipinski definition) is 2. The van der Waals surface area contributed by atoms with Gasteiger partial charge in [0.05, 0.1) is 18.8 Å². The van der Waals surface area contributed by atoms with Gasteiger partial charge < -0.3 is 4.74 Å². The van der Waals surface area contributed by atoms with E-state index in [0.717, 1.165) is 22.7 Å². The minimum absolute atomic E-state index is 0.712. The second-order valence-electron chi connectivity index (χ2n) is 3.95. The van der Waals surface area contributed by atoms with Crippen molar-refractivity contribution in [1.29, 1.82) is 0 Å². The number of imidazole rings is 1. The third-order valence-corrected chi connectivity index (χ3v) is 3.08. The van der Waals surface area contributed by atoms with Crippen LogP contribution >= 0.6 is 11.6 Å². The maximum absolute atomic E-state index is 5.96. The number of aromatic nitrogens is 2. The lowest BCUT2D eigenvalue weighted by atomic mass is 10.2. The summed E-state index contributed by atoms with van der Waals surface area (Å²) in [4.78, 5) is 4.43. The van der Waals surface area contributed by atoms with Crippen molar-refractivity contribution in [3.05, 3.63) is 53.8 Å². The Bertz CT molecular complexity index is 689. The molecule has 0 aliphatic carbocycles. The van der Waals surface area contributed by atoms with E-state index in [0.29, 0.717) is 5.02 Å². The van der Waals surface area contributed by atoms with Gasteiger partial charge in [0.2, 0.25) is 0 Å². The van der Waals surface area contributed by atoms with Crippen LogP contribution in [-0.2, 0) is 0 Å². The molecule has 3 rings (SSSR count). The third-order valence-electron chi connectivity index (χ3n) is 2.84. The molecule has 0 bridgehead atoms. The summed E-state index contributed by atoms with van der Waals surface area (Å²) in [5.41, 5.74) is 2.02. The molecule has 2 heterocycles. The van der Waals surface area contributed by atoms with Gasteiger partial charge in [-0.3, -0.25) is 4.40 Å². The molecule has 0 saturated carbocycles. The van der Waals surface area contributed by atoms with Crippen molar-refractivity contribution in [3.63, 3.8) is 0 Å². The summed E-state index contributed by atoms with van der Waals surface area (Å²) < 4.78 is 7.15. The zero-order valence-electron chi connectivity index (χ0n) is 9.80. The first kappa shape index (κ1) is 11.1. The number of fused-ring (bicyclic) bond motifs is 1. The van der Waals surface area contributed by atoms with Crippen molar-refractivity contribution >= 4 is 17.1 Å². The first-order valence-corrected chi connectivity index (χ1v) is 5.93. The molecule has 0 radical (unpaired) electrons. The number of rotatable bonds is 2. The van der Waals surface area contributed by atoms with Crippen molar-refractivity contribution in [2.45, 2.75) is 0 Å². The minimum atomic E-state index is 0.712. The number of hydrogen-bond donors (Lipinski definition) is 0. The molecule has 0 atom stereocenters. The van der Waals surface area contributed by atoms with Gasteiger partial charge in [0.15, 0.2) is 0 Å². The van der Waals surface area contributed by atoms with Gasteiger partial charge in [-0.1, -0.05) is 11.6 Å². The summed E-state index contributed by atoms with van der Waals surface area (Å²) in [6, 6.07) is 11.6. The number of halogens is 1. The van der Waals surface area contributed by atoms with Crippen LogP contribution in [0.2, 0.25) is 5.02 Å². The van der Waals surface area contributed by atoms with Crippen LogP contribution in [0.1, 0.15) is 0 Å². The highest BCUT2D eigenvalue weighted by molar-refractivity contribution is 6.30. The van der Waals surface area contributed by atoms with E-state index < -0.39 is 0 Å². The number of ether oxygens (including phenoxy) is 1. The molecule has 0 spiro atoms.